The summed E-state index contributed by atoms with van der Waals surface area (Å²) in [5, 5.41) is 0. The van der Waals surface area contributed by atoms with E-state index in [9.17, 15) is 4.79 Å². The van der Waals surface area contributed by atoms with E-state index in [1.54, 1.807) is 0 Å². The smallest absolute Gasteiger partial charge is 0.331 e. The van der Waals surface area contributed by atoms with E-state index in [2.05, 4.69) is 18.2 Å². The van der Waals surface area contributed by atoms with Crippen LogP contribution in [0.15, 0.2) is 12.2 Å². The number of carbonyl (C=O) groups excluding carboxylic acids is 1. The van der Waals surface area contributed by atoms with Gasteiger partial charge in [0.25, 0.3) is 0 Å². The maximum Gasteiger partial charge on any atom is 0.331 e. The van der Waals surface area contributed by atoms with Crippen LogP contribution in [-0.4, -0.2) is 12.1 Å². The lowest BCUT2D eigenvalue weighted by Crippen LogP contribution is -1.99. The molecule has 1 unspecified atom stereocenters. The van der Waals surface area contributed by atoms with Crippen molar-refractivity contribution >= 4 is 5.97 Å². The Labute approximate surface area is 48.1 Å². The monoisotopic (exact) mass is 111 g/mol. The average Bonchev–Trinajstić information content (AvgIpc) is 1.85. The van der Waals surface area contributed by atoms with Crippen molar-refractivity contribution < 1.29 is 9.53 Å². The van der Waals surface area contributed by atoms with Crippen molar-refractivity contribution in [1.29, 1.82) is 0 Å². The van der Waals surface area contributed by atoms with Gasteiger partial charge in [0.05, 0.1) is 0 Å². The Kier molecular flexibility index (Phi) is 1.08. The fourth-order valence-corrected chi connectivity index (χ4v) is 0.635. The van der Waals surface area contributed by atoms with Gasteiger partial charge in [0.2, 0.25) is 0 Å². The molecular weight excluding hydrogens is 104 g/mol. The molecule has 2 nitrogen and oxygen atoms in total. The lowest BCUT2D eigenvalue weighted by atomic mass is 10.2. The largest absolute Gasteiger partial charge is 0.492 e. The molecule has 1 fully saturated rings. The minimum absolute atomic E-state index is 0.199. The van der Waals surface area contributed by atoms with Gasteiger partial charge in [0.1, 0.15) is 0 Å². The van der Waals surface area contributed by atoms with Gasteiger partial charge in [-0.05, 0) is 12.5 Å². The minimum atomic E-state index is -0.301. The Balaban J connectivity index is 2.64. The molecule has 1 aliphatic heterocycles. The zero-order chi connectivity index (χ0) is 6.15. The van der Waals surface area contributed by atoms with Crippen LogP contribution in [0.3, 0.4) is 0 Å². The first kappa shape index (κ1) is 5.35. The van der Waals surface area contributed by atoms with Crippen molar-refractivity contribution in [2.24, 2.45) is 0 Å². The fraction of sp³-hybridized carbons (Fsp3) is 0.333. The quantitative estimate of drug-likeness (QED) is 0.261. The van der Waals surface area contributed by atoms with Gasteiger partial charge in [-0.1, -0.05) is 6.58 Å². The van der Waals surface area contributed by atoms with Crippen LogP contribution >= 0.6 is 0 Å². The van der Waals surface area contributed by atoms with Crippen LogP contribution < -0.4 is 0 Å². The normalized spacial score (nSPS) is 28.4. The van der Waals surface area contributed by atoms with Crippen molar-refractivity contribution in [2.45, 2.75) is 12.5 Å². The van der Waals surface area contributed by atoms with Gasteiger partial charge < -0.3 is 11.7 Å². The molecule has 1 heterocycles. The van der Waals surface area contributed by atoms with Gasteiger partial charge in [0, 0.05) is 5.57 Å². The molecule has 0 radical (unpaired) electrons. The molecule has 0 bridgehead atoms. The Morgan fingerprint density at radius 3 is 2.62 bits per heavy atom. The zero-order valence-electron chi connectivity index (χ0n) is 4.52. The molecule has 1 atom stereocenters. The highest BCUT2D eigenvalue weighted by atomic mass is 16.5. The summed E-state index contributed by atoms with van der Waals surface area (Å²) in [6, 6.07) is 0. The summed E-state index contributed by atoms with van der Waals surface area (Å²) in [5.74, 6) is -0.301. The Morgan fingerprint density at radius 1 is 1.88 bits per heavy atom. The van der Waals surface area contributed by atoms with E-state index < -0.39 is 0 Å². The van der Waals surface area contributed by atoms with Crippen molar-refractivity contribution in [3.8, 4) is 0 Å². The molecule has 0 aromatic carbocycles. The first-order valence-corrected chi connectivity index (χ1v) is 2.42. The summed E-state index contributed by atoms with van der Waals surface area (Å²) in [7, 11) is 0. The number of esters is 1. The van der Waals surface area contributed by atoms with E-state index in [1.807, 2.05) is 0 Å². The molecule has 0 saturated carbocycles. The maximum absolute atomic E-state index is 10.4. The van der Waals surface area contributed by atoms with Gasteiger partial charge in [-0.3, -0.25) is 0 Å². The van der Waals surface area contributed by atoms with E-state index in [-0.39, 0.29) is 12.1 Å². The number of ether oxygens (including phenoxy) is 1. The third-order valence-electron chi connectivity index (χ3n) is 1.04. The van der Waals surface area contributed by atoms with Gasteiger partial charge in [-0.2, -0.15) is 0 Å². The summed E-state index contributed by atoms with van der Waals surface area (Å²) >= 11 is 0. The second kappa shape index (κ2) is 1.62. The predicted octanol–water partition coefficient (Wildman–Crippen LogP) is 0.692. The third kappa shape index (κ3) is 0.735. The second-order valence-corrected chi connectivity index (χ2v) is 1.83. The van der Waals surface area contributed by atoms with E-state index in [4.69, 9.17) is 0 Å². The Bertz CT molecular complexity index is 121. The molecule has 1 saturated heterocycles. The first-order chi connectivity index (χ1) is 3.70. The number of carbonyl (C=O) groups is 1. The number of hydrogen-bond donors (Lipinski definition) is 0. The number of cyclic esters (lactones) is 1. The van der Waals surface area contributed by atoms with Crippen LogP contribution in [0.4, 0.5) is 0 Å². The summed E-state index contributed by atoms with van der Waals surface area (Å²) in [6.07, 6.45) is 0.383. The molecule has 0 aromatic heterocycles. The molecule has 44 valence electrons. The average molecular weight is 111 g/mol. The standard InChI is InChI=1S/C6H7O2/c1-4-3-5(2)8-6(4)7/h5H,1-3H2/q-1. The third-order valence-corrected chi connectivity index (χ3v) is 1.04. The minimum Gasteiger partial charge on any atom is -0.492 e. The van der Waals surface area contributed by atoms with Gasteiger partial charge in [-0.25, -0.2) is 4.79 Å². The lowest BCUT2D eigenvalue weighted by Gasteiger charge is -2.03. The van der Waals surface area contributed by atoms with Crippen LogP contribution in [0.1, 0.15) is 6.42 Å². The van der Waals surface area contributed by atoms with Gasteiger partial charge >= 0.3 is 5.97 Å². The molecular formula is C6H7O2-. The van der Waals surface area contributed by atoms with Crippen molar-refractivity contribution in [3.63, 3.8) is 0 Å². The van der Waals surface area contributed by atoms with Crippen molar-refractivity contribution in [1.82, 2.24) is 0 Å². The highest BCUT2D eigenvalue weighted by Crippen LogP contribution is 2.16. The summed E-state index contributed by atoms with van der Waals surface area (Å²) in [5.41, 5.74) is 0.532. The first-order valence-electron chi connectivity index (χ1n) is 2.42. The molecule has 8 heavy (non-hydrogen) atoms. The Morgan fingerprint density at radius 2 is 2.50 bits per heavy atom. The Hall–Kier alpha value is -0.790. The maximum atomic E-state index is 10.4. The van der Waals surface area contributed by atoms with Crippen molar-refractivity contribution in [3.05, 3.63) is 19.1 Å². The molecule has 0 N–H and O–H groups in total. The lowest BCUT2D eigenvalue weighted by molar-refractivity contribution is -0.137. The van der Waals surface area contributed by atoms with Crippen LogP contribution in [-0.2, 0) is 9.53 Å². The number of hydrogen-bond acceptors (Lipinski definition) is 2. The SMILES string of the molecule is C=C1CC([CH2-])OC1=O. The van der Waals surface area contributed by atoms with Crippen LogP contribution in [0, 0.1) is 6.92 Å². The predicted molar refractivity (Wildman–Crippen MR) is 29.0 cm³/mol. The van der Waals surface area contributed by atoms with Gasteiger partial charge in [0.15, 0.2) is 0 Å². The van der Waals surface area contributed by atoms with E-state index in [0.29, 0.717) is 12.0 Å². The second-order valence-electron chi connectivity index (χ2n) is 1.83. The summed E-state index contributed by atoms with van der Waals surface area (Å²) < 4.78 is 4.62. The zero-order valence-corrected chi connectivity index (χ0v) is 4.52. The van der Waals surface area contributed by atoms with Crippen LogP contribution in [0.2, 0.25) is 0 Å². The van der Waals surface area contributed by atoms with Crippen molar-refractivity contribution in [2.75, 3.05) is 0 Å². The van der Waals surface area contributed by atoms with Crippen LogP contribution in [0.25, 0.3) is 0 Å². The summed E-state index contributed by atoms with van der Waals surface area (Å²) in [4.78, 5) is 10.4. The molecule has 0 aliphatic carbocycles. The van der Waals surface area contributed by atoms with Crippen LogP contribution in [0.5, 0.6) is 0 Å². The molecule has 2 heteroatoms. The highest BCUT2D eigenvalue weighted by molar-refractivity contribution is 5.89. The molecule has 0 spiro atoms. The molecule has 0 amide bonds. The molecule has 0 aromatic rings. The molecule has 1 aliphatic rings. The highest BCUT2D eigenvalue weighted by Gasteiger charge is 2.18. The van der Waals surface area contributed by atoms with Gasteiger partial charge in [-0.15, -0.1) is 0 Å². The van der Waals surface area contributed by atoms with E-state index >= 15 is 0 Å². The fourth-order valence-electron chi connectivity index (χ4n) is 0.635. The van der Waals surface area contributed by atoms with E-state index in [0.717, 1.165) is 0 Å². The topological polar surface area (TPSA) is 26.3 Å². The number of rotatable bonds is 0. The van der Waals surface area contributed by atoms with E-state index in [1.165, 1.54) is 0 Å². The summed E-state index contributed by atoms with van der Waals surface area (Å²) in [6.45, 7) is 7.01. The molecule has 1 rings (SSSR count).